The van der Waals surface area contributed by atoms with Gasteiger partial charge in [-0.3, -0.25) is 4.79 Å². The zero-order chi connectivity index (χ0) is 21.1. The first-order valence-electron chi connectivity index (χ1n) is 10.4. The van der Waals surface area contributed by atoms with Gasteiger partial charge >= 0.3 is 0 Å². The summed E-state index contributed by atoms with van der Waals surface area (Å²) in [5.74, 6) is 0.935. The Balaban J connectivity index is 1.53. The van der Waals surface area contributed by atoms with Crippen molar-refractivity contribution >= 4 is 34.4 Å². The second-order valence-electron chi connectivity index (χ2n) is 8.01. The Morgan fingerprint density at radius 2 is 1.77 bits per heavy atom. The van der Waals surface area contributed by atoms with E-state index in [0.717, 1.165) is 54.2 Å². The molecule has 5 heteroatoms. The van der Waals surface area contributed by atoms with Gasteiger partial charge in [0.25, 0.3) is 5.91 Å². The molecule has 154 valence electrons. The zero-order valence-corrected chi connectivity index (χ0v) is 17.9. The summed E-state index contributed by atoms with van der Waals surface area (Å²) in [4.78, 5) is 22.2. The predicted molar refractivity (Wildman–Crippen MR) is 125 cm³/mol. The van der Waals surface area contributed by atoms with Crippen LogP contribution in [0.3, 0.4) is 0 Å². The maximum Gasteiger partial charge on any atom is 0.251 e. The van der Waals surface area contributed by atoms with Crippen LogP contribution in [-0.2, 0) is 4.79 Å². The average molecular weight is 401 g/mol. The van der Waals surface area contributed by atoms with Gasteiger partial charge in [0.1, 0.15) is 5.82 Å². The average Bonchev–Trinajstić information content (AvgIpc) is 2.75. The Morgan fingerprint density at radius 1 is 1.03 bits per heavy atom. The van der Waals surface area contributed by atoms with E-state index in [1.807, 2.05) is 61.5 Å². The lowest BCUT2D eigenvalue weighted by atomic mass is 10.1. The number of amides is 1. The van der Waals surface area contributed by atoms with Gasteiger partial charge in [-0.05, 0) is 62.4 Å². The highest BCUT2D eigenvalue weighted by Crippen LogP contribution is 2.26. The molecule has 0 unspecified atom stereocenters. The first kappa shape index (κ1) is 20.1. The molecule has 3 aromatic rings. The molecule has 0 radical (unpaired) electrons. The highest BCUT2D eigenvalue weighted by Gasteiger charge is 2.16. The standard InChI is InChI=1S/C25H28N4O/c1-18-16-24(29-13-11-28(3)12-14-29)27-23-10-9-21(17-22(18)23)26-25(30)19(2)15-20-7-5-4-6-8-20/h4-10,15-17H,11-14H2,1-3H3,(H,26,30)/b19-15+. The molecule has 1 amide bonds. The summed E-state index contributed by atoms with van der Waals surface area (Å²) in [5.41, 5.74) is 4.59. The molecule has 0 atom stereocenters. The second kappa shape index (κ2) is 8.67. The summed E-state index contributed by atoms with van der Waals surface area (Å²) in [5, 5.41) is 4.08. The Hall–Kier alpha value is -3.18. The Labute approximate surface area is 178 Å². The number of benzene rings is 2. The normalized spacial score (nSPS) is 15.4. The topological polar surface area (TPSA) is 48.5 Å². The third-order valence-corrected chi connectivity index (χ3v) is 5.63. The molecule has 30 heavy (non-hydrogen) atoms. The number of hydrogen-bond acceptors (Lipinski definition) is 4. The van der Waals surface area contributed by atoms with Crippen LogP contribution >= 0.6 is 0 Å². The van der Waals surface area contributed by atoms with E-state index in [1.54, 1.807) is 0 Å². The number of nitrogens with one attached hydrogen (secondary N) is 1. The van der Waals surface area contributed by atoms with Gasteiger partial charge in [-0.15, -0.1) is 0 Å². The SMILES string of the molecule is C/C(=C\c1ccccc1)C(=O)Nc1ccc2nc(N3CCN(C)CC3)cc(C)c2c1. The fourth-order valence-corrected chi connectivity index (χ4v) is 3.75. The fourth-order valence-electron chi connectivity index (χ4n) is 3.75. The third-order valence-electron chi connectivity index (χ3n) is 5.63. The third kappa shape index (κ3) is 4.52. The lowest BCUT2D eigenvalue weighted by Crippen LogP contribution is -2.44. The van der Waals surface area contributed by atoms with E-state index in [0.29, 0.717) is 5.57 Å². The van der Waals surface area contributed by atoms with Gasteiger partial charge in [0.05, 0.1) is 5.52 Å². The first-order chi connectivity index (χ1) is 14.5. The zero-order valence-electron chi connectivity index (χ0n) is 17.9. The molecule has 1 saturated heterocycles. The summed E-state index contributed by atoms with van der Waals surface area (Å²) in [6.07, 6.45) is 1.89. The summed E-state index contributed by atoms with van der Waals surface area (Å²) >= 11 is 0. The Morgan fingerprint density at radius 3 is 2.50 bits per heavy atom. The molecule has 4 rings (SSSR count). The van der Waals surface area contributed by atoms with Crippen LogP contribution in [0.4, 0.5) is 11.5 Å². The van der Waals surface area contributed by atoms with E-state index in [2.05, 4.69) is 35.2 Å². The van der Waals surface area contributed by atoms with Gasteiger partial charge in [-0.1, -0.05) is 30.3 Å². The van der Waals surface area contributed by atoms with Gasteiger partial charge < -0.3 is 15.1 Å². The lowest BCUT2D eigenvalue weighted by Gasteiger charge is -2.33. The minimum absolute atomic E-state index is 0.0992. The number of anilines is 2. The van der Waals surface area contributed by atoms with Crippen LogP contribution in [0.5, 0.6) is 0 Å². The summed E-state index contributed by atoms with van der Waals surface area (Å²) < 4.78 is 0. The molecular formula is C25H28N4O. The lowest BCUT2D eigenvalue weighted by molar-refractivity contribution is -0.112. The molecule has 1 aliphatic rings. The highest BCUT2D eigenvalue weighted by molar-refractivity contribution is 6.07. The molecule has 2 aromatic carbocycles. The number of aromatic nitrogens is 1. The van der Waals surface area contributed by atoms with Crippen LogP contribution in [0, 0.1) is 6.92 Å². The first-order valence-corrected chi connectivity index (χ1v) is 10.4. The number of rotatable bonds is 4. The number of piperazine rings is 1. The largest absolute Gasteiger partial charge is 0.354 e. The summed E-state index contributed by atoms with van der Waals surface area (Å²) in [6.45, 7) is 8.04. The molecule has 1 aliphatic heterocycles. The summed E-state index contributed by atoms with van der Waals surface area (Å²) in [7, 11) is 2.16. The molecule has 1 N–H and O–H groups in total. The molecule has 0 saturated carbocycles. The van der Waals surface area contributed by atoms with E-state index >= 15 is 0 Å². The number of nitrogens with zero attached hydrogens (tertiary/aromatic N) is 3. The molecule has 0 bridgehead atoms. The van der Waals surface area contributed by atoms with Crippen molar-refractivity contribution in [3.05, 3.63) is 71.3 Å². The number of aryl methyl sites for hydroxylation is 1. The van der Waals surface area contributed by atoms with Gasteiger partial charge in [0, 0.05) is 42.8 Å². The van der Waals surface area contributed by atoms with E-state index in [1.165, 1.54) is 5.56 Å². The van der Waals surface area contributed by atoms with E-state index < -0.39 is 0 Å². The van der Waals surface area contributed by atoms with Crippen molar-refractivity contribution in [1.82, 2.24) is 9.88 Å². The minimum Gasteiger partial charge on any atom is -0.354 e. The van der Waals surface area contributed by atoms with E-state index in [9.17, 15) is 4.79 Å². The fraction of sp³-hybridized carbons (Fsp3) is 0.280. The van der Waals surface area contributed by atoms with Gasteiger partial charge in [-0.25, -0.2) is 4.98 Å². The Kier molecular flexibility index (Phi) is 5.81. The van der Waals surface area contributed by atoms with E-state index in [-0.39, 0.29) is 5.91 Å². The maximum atomic E-state index is 12.6. The second-order valence-corrected chi connectivity index (χ2v) is 8.01. The minimum atomic E-state index is -0.0992. The van der Waals surface area contributed by atoms with Crippen molar-refractivity contribution in [2.75, 3.05) is 43.4 Å². The molecule has 0 aliphatic carbocycles. The van der Waals surface area contributed by atoms with Crippen molar-refractivity contribution in [2.45, 2.75) is 13.8 Å². The molecule has 1 fully saturated rings. The van der Waals surface area contributed by atoms with Crippen LogP contribution in [0.25, 0.3) is 17.0 Å². The van der Waals surface area contributed by atoms with Crippen LogP contribution in [0.2, 0.25) is 0 Å². The number of carbonyl (C=O) groups is 1. The van der Waals surface area contributed by atoms with Crippen molar-refractivity contribution in [3.8, 4) is 0 Å². The number of hydrogen-bond donors (Lipinski definition) is 1. The van der Waals surface area contributed by atoms with Gasteiger partial charge in [0.15, 0.2) is 0 Å². The van der Waals surface area contributed by atoms with E-state index in [4.69, 9.17) is 4.98 Å². The van der Waals surface area contributed by atoms with Gasteiger partial charge in [-0.2, -0.15) is 0 Å². The van der Waals surface area contributed by atoms with Crippen LogP contribution < -0.4 is 10.2 Å². The number of pyridine rings is 1. The number of carbonyl (C=O) groups excluding carboxylic acids is 1. The van der Waals surface area contributed by atoms with Crippen LogP contribution in [-0.4, -0.2) is 49.0 Å². The monoisotopic (exact) mass is 400 g/mol. The molecule has 5 nitrogen and oxygen atoms in total. The number of likely N-dealkylation sites (N-methyl/N-ethyl adjacent to an activating group) is 1. The van der Waals surface area contributed by atoms with Crippen molar-refractivity contribution in [1.29, 1.82) is 0 Å². The smallest absolute Gasteiger partial charge is 0.251 e. The quantitative estimate of drug-likeness (QED) is 0.662. The molecule has 0 spiro atoms. The Bertz CT molecular complexity index is 1080. The highest BCUT2D eigenvalue weighted by atomic mass is 16.1. The van der Waals surface area contributed by atoms with Gasteiger partial charge in [0.2, 0.25) is 0 Å². The maximum absolute atomic E-state index is 12.6. The van der Waals surface area contributed by atoms with Crippen LogP contribution in [0.15, 0.2) is 60.2 Å². The molecule has 1 aromatic heterocycles. The van der Waals surface area contributed by atoms with Crippen molar-refractivity contribution < 1.29 is 4.79 Å². The van der Waals surface area contributed by atoms with Crippen molar-refractivity contribution in [3.63, 3.8) is 0 Å². The number of fused-ring (bicyclic) bond motifs is 1. The summed E-state index contributed by atoms with van der Waals surface area (Å²) in [6, 6.07) is 18.0. The molecular weight excluding hydrogens is 372 g/mol. The van der Waals surface area contributed by atoms with Crippen LogP contribution in [0.1, 0.15) is 18.1 Å². The van der Waals surface area contributed by atoms with Crippen molar-refractivity contribution in [2.24, 2.45) is 0 Å². The molecule has 2 heterocycles. The predicted octanol–water partition coefficient (Wildman–Crippen LogP) is 4.34.